The molecule has 0 heterocycles. The minimum Gasteiger partial charge on any atom is -0.496 e. The Bertz CT molecular complexity index is 393. The van der Waals surface area contributed by atoms with E-state index in [-0.39, 0.29) is 11.4 Å². The molecule has 1 unspecified atom stereocenters. The third-order valence-electron chi connectivity index (χ3n) is 3.21. The van der Waals surface area contributed by atoms with Crippen LogP contribution < -0.4 is 10.5 Å². The van der Waals surface area contributed by atoms with Crippen molar-refractivity contribution in [3.63, 3.8) is 0 Å². The van der Waals surface area contributed by atoms with Gasteiger partial charge < -0.3 is 15.2 Å². The summed E-state index contributed by atoms with van der Waals surface area (Å²) in [7, 11) is 3.18. The molecule has 0 aliphatic rings. The first-order chi connectivity index (χ1) is 8.41. The van der Waals surface area contributed by atoms with E-state index in [1.165, 1.54) is 13.2 Å². The molecule has 1 rings (SSSR count). The molecule has 0 saturated heterocycles. The highest BCUT2D eigenvalue weighted by atomic mass is 19.1. The molecule has 4 heteroatoms. The summed E-state index contributed by atoms with van der Waals surface area (Å²) in [5, 5.41) is 0. The number of nitrogens with two attached hydrogens (primary N) is 1. The van der Waals surface area contributed by atoms with Crippen molar-refractivity contribution in [2.75, 3.05) is 14.2 Å². The Morgan fingerprint density at radius 3 is 2.56 bits per heavy atom. The van der Waals surface area contributed by atoms with Crippen LogP contribution in [0, 0.1) is 5.82 Å². The number of hydrogen-bond acceptors (Lipinski definition) is 3. The minimum atomic E-state index is -0.393. The Hall–Kier alpha value is -1.13. The van der Waals surface area contributed by atoms with Gasteiger partial charge in [-0.2, -0.15) is 0 Å². The molecule has 0 aromatic heterocycles. The van der Waals surface area contributed by atoms with Crippen LogP contribution in [0.1, 0.15) is 38.3 Å². The molecule has 0 aliphatic heterocycles. The number of benzene rings is 1. The van der Waals surface area contributed by atoms with Gasteiger partial charge in [-0.1, -0.05) is 6.07 Å². The van der Waals surface area contributed by atoms with Crippen molar-refractivity contribution in [2.24, 2.45) is 5.73 Å². The summed E-state index contributed by atoms with van der Waals surface area (Å²) in [5.41, 5.74) is 6.24. The molecule has 1 aromatic rings. The van der Waals surface area contributed by atoms with Crippen molar-refractivity contribution in [3.05, 3.63) is 29.6 Å². The SMILES string of the molecule is COc1cccc(F)c1C(N)CCC(C)(C)OC. The lowest BCUT2D eigenvalue weighted by atomic mass is 9.94. The maximum absolute atomic E-state index is 13.8. The molecule has 102 valence electrons. The van der Waals surface area contributed by atoms with Crippen molar-refractivity contribution in [1.29, 1.82) is 0 Å². The van der Waals surface area contributed by atoms with Crippen LogP contribution >= 0.6 is 0 Å². The third kappa shape index (κ3) is 3.68. The van der Waals surface area contributed by atoms with Gasteiger partial charge in [-0.25, -0.2) is 4.39 Å². The predicted molar refractivity (Wildman–Crippen MR) is 70.2 cm³/mol. The number of rotatable bonds is 6. The zero-order valence-corrected chi connectivity index (χ0v) is 11.5. The number of halogens is 1. The molecule has 0 saturated carbocycles. The first-order valence-electron chi connectivity index (χ1n) is 6.04. The summed E-state index contributed by atoms with van der Waals surface area (Å²) in [6.45, 7) is 3.97. The van der Waals surface area contributed by atoms with Gasteiger partial charge in [0.15, 0.2) is 0 Å². The molecule has 18 heavy (non-hydrogen) atoms. The van der Waals surface area contributed by atoms with Gasteiger partial charge in [0.25, 0.3) is 0 Å². The van der Waals surface area contributed by atoms with Gasteiger partial charge in [0.1, 0.15) is 11.6 Å². The normalized spacial score (nSPS) is 13.4. The molecule has 2 N–H and O–H groups in total. The zero-order valence-electron chi connectivity index (χ0n) is 11.5. The molecule has 0 aliphatic carbocycles. The fourth-order valence-electron chi connectivity index (χ4n) is 1.80. The van der Waals surface area contributed by atoms with Crippen LogP contribution in [0.2, 0.25) is 0 Å². The van der Waals surface area contributed by atoms with E-state index >= 15 is 0 Å². The fourth-order valence-corrected chi connectivity index (χ4v) is 1.80. The smallest absolute Gasteiger partial charge is 0.131 e. The standard InChI is InChI=1S/C14H22FNO2/c1-14(2,18-4)9-8-11(16)13-10(15)6-5-7-12(13)17-3/h5-7,11H,8-9,16H2,1-4H3. The van der Waals surface area contributed by atoms with Crippen LogP contribution in [0.15, 0.2) is 18.2 Å². The summed E-state index contributed by atoms with van der Waals surface area (Å²) in [4.78, 5) is 0. The lowest BCUT2D eigenvalue weighted by Crippen LogP contribution is -2.25. The molecule has 0 radical (unpaired) electrons. The van der Waals surface area contributed by atoms with E-state index in [0.29, 0.717) is 17.7 Å². The van der Waals surface area contributed by atoms with Crippen LogP contribution in [0.25, 0.3) is 0 Å². The highest BCUT2D eigenvalue weighted by Crippen LogP contribution is 2.30. The average Bonchev–Trinajstić information content (AvgIpc) is 2.35. The van der Waals surface area contributed by atoms with Gasteiger partial charge in [-0.3, -0.25) is 0 Å². The van der Waals surface area contributed by atoms with E-state index in [2.05, 4.69) is 0 Å². The van der Waals surface area contributed by atoms with E-state index in [1.54, 1.807) is 19.2 Å². The van der Waals surface area contributed by atoms with Gasteiger partial charge in [-0.15, -0.1) is 0 Å². The molecular weight excluding hydrogens is 233 g/mol. The molecule has 3 nitrogen and oxygen atoms in total. The van der Waals surface area contributed by atoms with Crippen molar-refractivity contribution in [3.8, 4) is 5.75 Å². The number of ether oxygens (including phenoxy) is 2. The Balaban J connectivity index is 2.81. The van der Waals surface area contributed by atoms with Gasteiger partial charge in [0, 0.05) is 18.7 Å². The number of hydrogen-bond donors (Lipinski definition) is 1. The summed E-state index contributed by atoms with van der Waals surface area (Å²) in [5.74, 6) is 0.176. The van der Waals surface area contributed by atoms with Crippen LogP contribution in [0.5, 0.6) is 5.75 Å². The molecule has 0 fully saturated rings. The topological polar surface area (TPSA) is 44.5 Å². The summed E-state index contributed by atoms with van der Waals surface area (Å²) < 4.78 is 24.3. The first-order valence-corrected chi connectivity index (χ1v) is 6.04. The van der Waals surface area contributed by atoms with Crippen molar-refractivity contribution in [2.45, 2.75) is 38.3 Å². The predicted octanol–water partition coefficient (Wildman–Crippen LogP) is 3.04. The van der Waals surface area contributed by atoms with Gasteiger partial charge in [0.05, 0.1) is 12.7 Å². The van der Waals surface area contributed by atoms with E-state index < -0.39 is 6.04 Å². The van der Waals surface area contributed by atoms with Gasteiger partial charge in [0.2, 0.25) is 0 Å². The largest absolute Gasteiger partial charge is 0.496 e. The minimum absolute atomic E-state index is 0.254. The Morgan fingerprint density at radius 1 is 1.33 bits per heavy atom. The quantitative estimate of drug-likeness (QED) is 0.849. The molecular formula is C14H22FNO2. The van der Waals surface area contributed by atoms with Crippen molar-refractivity contribution >= 4 is 0 Å². The molecule has 0 amide bonds. The average molecular weight is 255 g/mol. The third-order valence-corrected chi connectivity index (χ3v) is 3.21. The summed E-state index contributed by atoms with van der Waals surface area (Å²) in [6.07, 6.45) is 1.39. The maximum atomic E-state index is 13.8. The highest BCUT2D eigenvalue weighted by molar-refractivity contribution is 5.37. The molecule has 1 aromatic carbocycles. The lowest BCUT2D eigenvalue weighted by Gasteiger charge is -2.25. The second-order valence-corrected chi connectivity index (χ2v) is 4.96. The van der Waals surface area contributed by atoms with E-state index in [4.69, 9.17) is 15.2 Å². The maximum Gasteiger partial charge on any atom is 0.131 e. The monoisotopic (exact) mass is 255 g/mol. The molecule has 0 spiro atoms. The summed E-state index contributed by atoms with van der Waals surface area (Å²) >= 11 is 0. The number of methoxy groups -OCH3 is 2. The summed E-state index contributed by atoms with van der Waals surface area (Å²) in [6, 6.07) is 4.35. The van der Waals surface area contributed by atoms with Crippen molar-refractivity contribution < 1.29 is 13.9 Å². The first kappa shape index (κ1) is 14.9. The lowest BCUT2D eigenvalue weighted by molar-refractivity contribution is 0.0124. The zero-order chi connectivity index (χ0) is 13.8. The van der Waals surface area contributed by atoms with Gasteiger partial charge in [-0.05, 0) is 38.8 Å². The van der Waals surface area contributed by atoms with E-state index in [1.807, 2.05) is 13.8 Å². The Kier molecular flexibility index (Phi) is 5.11. The van der Waals surface area contributed by atoms with E-state index in [9.17, 15) is 4.39 Å². The molecule has 1 atom stereocenters. The highest BCUT2D eigenvalue weighted by Gasteiger charge is 2.22. The van der Waals surface area contributed by atoms with Crippen LogP contribution in [-0.2, 0) is 4.74 Å². The Morgan fingerprint density at radius 2 is 2.00 bits per heavy atom. The Labute approximate surface area is 108 Å². The van der Waals surface area contributed by atoms with Crippen LogP contribution in [0.3, 0.4) is 0 Å². The molecule has 0 bridgehead atoms. The van der Waals surface area contributed by atoms with E-state index in [0.717, 1.165) is 6.42 Å². The second kappa shape index (κ2) is 6.16. The second-order valence-electron chi connectivity index (χ2n) is 4.96. The fraction of sp³-hybridized carbons (Fsp3) is 0.571. The van der Waals surface area contributed by atoms with Gasteiger partial charge >= 0.3 is 0 Å². The van der Waals surface area contributed by atoms with Crippen LogP contribution in [0.4, 0.5) is 4.39 Å². The van der Waals surface area contributed by atoms with Crippen LogP contribution in [-0.4, -0.2) is 19.8 Å². The van der Waals surface area contributed by atoms with Crippen molar-refractivity contribution in [1.82, 2.24) is 0 Å².